The Kier molecular flexibility index (Phi) is 7.36. The number of carbonyl (C=O) groups is 3. The number of carbonyl (C=O) groups excluding carboxylic acids is 3. The Bertz CT molecular complexity index is 1280. The Morgan fingerprint density at radius 3 is 2.57 bits per heavy atom. The Morgan fingerprint density at radius 2 is 1.80 bits per heavy atom. The number of esters is 2. The van der Waals surface area contributed by atoms with E-state index in [1.807, 2.05) is 38.1 Å². The fourth-order valence-corrected chi connectivity index (χ4v) is 4.90. The Morgan fingerprint density at radius 1 is 1.00 bits per heavy atom. The standard InChI is InChI=1S/C26H25NO7S/c1-4-31-26(30)23-16(3)21(12-17-8-9-19-20(11-17)34-14-33-19)35-24(23)27-22(28)13-32-25(29)18-7-5-6-15(2)10-18/h5-11H,4,12-14H2,1-3H3,(H,27,28). The van der Waals surface area contributed by atoms with Crippen molar-refractivity contribution in [2.45, 2.75) is 27.2 Å². The molecule has 2 aromatic carbocycles. The molecule has 3 aromatic rings. The molecule has 2 heterocycles. The number of ether oxygens (including phenoxy) is 4. The van der Waals surface area contributed by atoms with E-state index in [0.717, 1.165) is 21.6 Å². The first-order valence-electron chi connectivity index (χ1n) is 11.1. The van der Waals surface area contributed by atoms with Crippen LogP contribution in [-0.4, -0.2) is 37.9 Å². The van der Waals surface area contributed by atoms with Crippen LogP contribution in [0.4, 0.5) is 5.00 Å². The van der Waals surface area contributed by atoms with E-state index in [1.54, 1.807) is 25.1 Å². The molecule has 0 bridgehead atoms. The van der Waals surface area contributed by atoms with Crippen molar-refractivity contribution in [3.8, 4) is 11.5 Å². The lowest BCUT2D eigenvalue weighted by Gasteiger charge is -2.08. The summed E-state index contributed by atoms with van der Waals surface area (Å²) in [6.07, 6.45) is 0.526. The average Bonchev–Trinajstić information content (AvgIpc) is 3.41. The number of aryl methyl sites for hydroxylation is 1. The summed E-state index contributed by atoms with van der Waals surface area (Å²) in [6, 6.07) is 12.6. The van der Waals surface area contributed by atoms with Gasteiger partial charge in [-0.1, -0.05) is 23.8 Å². The van der Waals surface area contributed by atoms with E-state index in [-0.39, 0.29) is 13.4 Å². The number of hydrogen-bond donors (Lipinski definition) is 1. The van der Waals surface area contributed by atoms with Gasteiger partial charge in [-0.25, -0.2) is 9.59 Å². The predicted molar refractivity (Wildman–Crippen MR) is 130 cm³/mol. The lowest BCUT2D eigenvalue weighted by atomic mass is 10.1. The Hall–Kier alpha value is -3.85. The van der Waals surface area contributed by atoms with E-state index in [9.17, 15) is 14.4 Å². The highest BCUT2D eigenvalue weighted by molar-refractivity contribution is 7.17. The first-order chi connectivity index (χ1) is 16.9. The van der Waals surface area contributed by atoms with E-state index in [4.69, 9.17) is 18.9 Å². The van der Waals surface area contributed by atoms with Crippen LogP contribution in [-0.2, 0) is 20.7 Å². The van der Waals surface area contributed by atoms with E-state index < -0.39 is 24.5 Å². The van der Waals surface area contributed by atoms with E-state index in [2.05, 4.69) is 5.32 Å². The number of rotatable bonds is 8. The molecule has 0 saturated carbocycles. The maximum absolute atomic E-state index is 12.7. The third-order valence-corrected chi connectivity index (χ3v) is 6.58. The highest BCUT2D eigenvalue weighted by Gasteiger charge is 2.24. The van der Waals surface area contributed by atoms with E-state index in [1.165, 1.54) is 11.3 Å². The van der Waals surface area contributed by atoms with Gasteiger partial charge in [0.1, 0.15) is 5.00 Å². The number of fused-ring (bicyclic) bond motifs is 1. The molecule has 1 N–H and O–H groups in total. The van der Waals surface area contributed by atoms with Crippen molar-refractivity contribution in [3.63, 3.8) is 0 Å². The summed E-state index contributed by atoms with van der Waals surface area (Å²) in [6.45, 7) is 5.31. The molecule has 0 aliphatic carbocycles. The molecule has 1 aliphatic rings. The summed E-state index contributed by atoms with van der Waals surface area (Å²) in [5.74, 6) is -0.304. The van der Waals surface area contributed by atoms with Crippen LogP contribution >= 0.6 is 11.3 Å². The summed E-state index contributed by atoms with van der Waals surface area (Å²) in [5, 5.41) is 3.07. The van der Waals surface area contributed by atoms with Gasteiger partial charge in [-0.05, 0) is 56.2 Å². The molecule has 182 valence electrons. The lowest BCUT2D eigenvalue weighted by Crippen LogP contribution is -2.21. The first-order valence-corrected chi connectivity index (χ1v) is 11.9. The van der Waals surface area contributed by atoms with Crippen LogP contribution in [0.2, 0.25) is 0 Å². The Balaban J connectivity index is 1.50. The molecule has 4 rings (SSSR count). The van der Waals surface area contributed by atoms with Gasteiger partial charge in [0.2, 0.25) is 6.79 Å². The van der Waals surface area contributed by atoms with Crippen LogP contribution in [0.1, 0.15) is 49.2 Å². The third kappa shape index (κ3) is 5.63. The highest BCUT2D eigenvalue weighted by atomic mass is 32.1. The number of nitrogens with one attached hydrogen (secondary N) is 1. The minimum atomic E-state index is -0.597. The maximum atomic E-state index is 12.7. The van der Waals surface area contributed by atoms with Gasteiger partial charge in [0, 0.05) is 11.3 Å². The van der Waals surface area contributed by atoms with Gasteiger partial charge in [0.05, 0.1) is 17.7 Å². The minimum absolute atomic E-state index is 0.189. The Labute approximate surface area is 206 Å². The van der Waals surface area contributed by atoms with Crippen molar-refractivity contribution in [3.05, 3.63) is 75.2 Å². The van der Waals surface area contributed by atoms with Crippen LogP contribution in [0.5, 0.6) is 11.5 Å². The first kappa shape index (κ1) is 24.3. The second-order valence-corrected chi connectivity index (χ2v) is 9.04. The molecule has 0 saturated heterocycles. The summed E-state index contributed by atoms with van der Waals surface area (Å²) in [4.78, 5) is 38.4. The van der Waals surface area contributed by atoms with Gasteiger partial charge in [-0.2, -0.15) is 0 Å². The summed E-state index contributed by atoms with van der Waals surface area (Å²) < 4.78 is 21.2. The van der Waals surface area contributed by atoms with Crippen molar-refractivity contribution in [2.24, 2.45) is 0 Å². The van der Waals surface area contributed by atoms with Gasteiger partial charge in [0.15, 0.2) is 18.1 Å². The fraction of sp³-hybridized carbons (Fsp3) is 0.269. The topological polar surface area (TPSA) is 100 Å². The minimum Gasteiger partial charge on any atom is -0.462 e. The molecule has 9 heteroatoms. The van der Waals surface area contributed by atoms with Gasteiger partial charge in [-0.3, -0.25) is 4.79 Å². The van der Waals surface area contributed by atoms with E-state index in [0.29, 0.717) is 34.0 Å². The van der Waals surface area contributed by atoms with Crippen molar-refractivity contribution in [1.29, 1.82) is 0 Å². The molecule has 1 aromatic heterocycles. The molecular formula is C26H25NO7S. The van der Waals surface area contributed by atoms with Crippen molar-refractivity contribution < 1.29 is 33.3 Å². The monoisotopic (exact) mass is 495 g/mol. The van der Waals surface area contributed by atoms with Crippen LogP contribution in [0.15, 0.2) is 42.5 Å². The van der Waals surface area contributed by atoms with Crippen LogP contribution < -0.4 is 14.8 Å². The molecule has 0 atom stereocenters. The summed E-state index contributed by atoms with van der Waals surface area (Å²) in [7, 11) is 0. The van der Waals surface area contributed by atoms with E-state index >= 15 is 0 Å². The highest BCUT2D eigenvalue weighted by Crippen LogP contribution is 2.37. The van der Waals surface area contributed by atoms with Gasteiger partial charge in [-0.15, -0.1) is 11.3 Å². The van der Waals surface area contributed by atoms with Gasteiger partial charge >= 0.3 is 11.9 Å². The SMILES string of the molecule is CCOC(=O)c1c(NC(=O)COC(=O)c2cccc(C)c2)sc(Cc2ccc3c(c2)OCO3)c1C. The molecular weight excluding hydrogens is 470 g/mol. The molecule has 0 radical (unpaired) electrons. The second kappa shape index (κ2) is 10.6. The second-order valence-electron chi connectivity index (χ2n) is 7.93. The normalized spacial score (nSPS) is 11.7. The fourth-order valence-electron chi connectivity index (χ4n) is 3.65. The number of benzene rings is 2. The number of thiophene rings is 1. The molecule has 8 nitrogen and oxygen atoms in total. The van der Waals surface area contributed by atoms with Crippen LogP contribution in [0.25, 0.3) is 0 Å². The zero-order valence-electron chi connectivity index (χ0n) is 19.6. The average molecular weight is 496 g/mol. The van der Waals surface area contributed by atoms with Gasteiger partial charge in [0.25, 0.3) is 5.91 Å². The molecule has 0 fully saturated rings. The molecule has 0 unspecified atom stereocenters. The number of anilines is 1. The predicted octanol–water partition coefficient (Wildman–Crippen LogP) is 4.66. The third-order valence-electron chi connectivity index (χ3n) is 5.37. The van der Waals surface area contributed by atoms with Crippen LogP contribution in [0, 0.1) is 13.8 Å². The summed E-state index contributed by atoms with van der Waals surface area (Å²) in [5.41, 5.74) is 3.26. The summed E-state index contributed by atoms with van der Waals surface area (Å²) >= 11 is 1.28. The largest absolute Gasteiger partial charge is 0.462 e. The molecule has 1 amide bonds. The number of hydrogen-bond acceptors (Lipinski definition) is 8. The molecule has 35 heavy (non-hydrogen) atoms. The van der Waals surface area contributed by atoms with Gasteiger partial charge < -0.3 is 24.3 Å². The van der Waals surface area contributed by atoms with Crippen molar-refractivity contribution in [1.82, 2.24) is 0 Å². The molecule has 0 spiro atoms. The lowest BCUT2D eigenvalue weighted by molar-refractivity contribution is -0.119. The molecule has 1 aliphatic heterocycles. The van der Waals surface area contributed by atoms with Crippen LogP contribution in [0.3, 0.4) is 0 Å². The quantitative estimate of drug-likeness (QED) is 0.454. The maximum Gasteiger partial charge on any atom is 0.341 e. The van der Waals surface area contributed by atoms with Crippen molar-refractivity contribution in [2.75, 3.05) is 25.3 Å². The number of amides is 1. The zero-order chi connectivity index (χ0) is 24.9. The smallest absolute Gasteiger partial charge is 0.341 e. The van der Waals surface area contributed by atoms with Crippen molar-refractivity contribution >= 4 is 34.2 Å². The zero-order valence-corrected chi connectivity index (χ0v) is 20.5.